The number of benzene rings is 2. The van der Waals surface area contributed by atoms with E-state index in [0.29, 0.717) is 0 Å². The normalized spacial score (nSPS) is 9.54. The fourth-order valence-electron chi connectivity index (χ4n) is 1.85. The van der Waals surface area contributed by atoms with Crippen molar-refractivity contribution in [3.05, 3.63) is 63.7 Å². The van der Waals surface area contributed by atoms with E-state index < -0.39 is 10.9 Å². The smallest absolute Gasteiger partial charge is 0.384 e. The van der Waals surface area contributed by atoms with Crippen LogP contribution in [0, 0.1) is 22.0 Å². The average molecular weight is 326 g/mol. The third-order valence-corrected chi connectivity index (χ3v) is 3.06. The number of esters is 1. The molecule has 0 fully saturated rings. The topological polar surface area (TPSA) is 105 Å². The van der Waals surface area contributed by atoms with E-state index in [0.717, 1.165) is 5.56 Å². The zero-order chi connectivity index (χ0) is 17.5. The number of nitro benzene ring substituents is 1. The van der Waals surface area contributed by atoms with Gasteiger partial charge in [-0.05, 0) is 5.56 Å². The van der Waals surface area contributed by atoms with Crippen molar-refractivity contribution in [2.75, 3.05) is 12.8 Å². The predicted molar refractivity (Wildman–Crippen MR) is 87.2 cm³/mol. The monoisotopic (exact) mass is 326 g/mol. The van der Waals surface area contributed by atoms with E-state index in [4.69, 9.17) is 10.5 Å². The number of methoxy groups -OCH3 is 1. The van der Waals surface area contributed by atoms with Crippen LogP contribution in [0.4, 0.5) is 11.4 Å². The molecule has 7 nitrogen and oxygen atoms in total. The zero-order valence-electron chi connectivity index (χ0n) is 12.8. The molecule has 122 valence electrons. The number of non-ortho nitro benzene ring substituents is 1. The van der Waals surface area contributed by atoms with Gasteiger partial charge in [0.05, 0.1) is 29.4 Å². The van der Waals surface area contributed by atoms with Crippen LogP contribution < -0.4 is 10.5 Å². The molecular weight excluding hydrogens is 312 g/mol. The second kappa shape index (κ2) is 7.65. The van der Waals surface area contributed by atoms with Gasteiger partial charge in [0.15, 0.2) is 5.75 Å². The molecule has 0 spiro atoms. The zero-order valence-corrected chi connectivity index (χ0v) is 12.8. The highest BCUT2D eigenvalue weighted by atomic mass is 16.6. The van der Waals surface area contributed by atoms with Gasteiger partial charge in [-0.1, -0.05) is 36.3 Å². The van der Waals surface area contributed by atoms with Crippen molar-refractivity contribution in [3.63, 3.8) is 0 Å². The lowest BCUT2D eigenvalue weighted by Crippen LogP contribution is -2.02. The van der Waals surface area contributed by atoms with E-state index in [9.17, 15) is 14.9 Å². The Balaban J connectivity index is 2.35. The Labute approximate surface area is 138 Å². The summed E-state index contributed by atoms with van der Waals surface area (Å²) in [5, 5.41) is 11.1. The van der Waals surface area contributed by atoms with Gasteiger partial charge in [-0.25, -0.2) is 4.79 Å². The molecule has 0 aromatic heterocycles. The maximum atomic E-state index is 11.1. The summed E-state index contributed by atoms with van der Waals surface area (Å²) in [6.07, 6.45) is 0. The van der Waals surface area contributed by atoms with Gasteiger partial charge < -0.3 is 15.2 Å². The number of nitrogens with two attached hydrogens (primary N) is 1. The fourth-order valence-corrected chi connectivity index (χ4v) is 1.85. The lowest BCUT2D eigenvalue weighted by molar-refractivity contribution is -0.384. The molecule has 2 rings (SSSR count). The molecule has 0 radical (unpaired) electrons. The molecule has 0 heterocycles. The molecule has 0 saturated carbocycles. The molecule has 2 aromatic rings. The van der Waals surface area contributed by atoms with E-state index in [1.165, 1.54) is 19.2 Å². The Morgan fingerprint density at radius 2 is 2.00 bits per heavy atom. The second-order valence-corrected chi connectivity index (χ2v) is 4.68. The average Bonchev–Trinajstić information content (AvgIpc) is 2.60. The van der Waals surface area contributed by atoms with E-state index in [1.54, 1.807) is 0 Å². The Kier molecular flexibility index (Phi) is 5.36. The quantitative estimate of drug-likeness (QED) is 0.304. The van der Waals surface area contributed by atoms with Crippen molar-refractivity contribution >= 4 is 17.3 Å². The first kappa shape index (κ1) is 16.8. The number of hydrogen-bond acceptors (Lipinski definition) is 6. The van der Waals surface area contributed by atoms with E-state index in [-0.39, 0.29) is 29.3 Å². The molecular formula is C17H14N2O5. The SMILES string of the molecule is COC(=O)C#Cc1cc([N+](=O)[O-])cc(OCc2ccccc2)c1N. The Hall–Kier alpha value is -3.53. The molecule has 7 heteroatoms. The number of nitrogens with zero attached hydrogens (tertiary/aromatic N) is 1. The van der Waals surface area contributed by atoms with Crippen molar-refractivity contribution in [1.82, 2.24) is 0 Å². The molecule has 0 saturated heterocycles. The first-order valence-corrected chi connectivity index (χ1v) is 6.86. The summed E-state index contributed by atoms with van der Waals surface area (Å²) in [6.45, 7) is 0.191. The Morgan fingerprint density at radius 3 is 2.62 bits per heavy atom. The number of nitro groups is 1. The summed E-state index contributed by atoms with van der Waals surface area (Å²) in [5.41, 5.74) is 6.83. The molecule has 0 amide bonds. The number of nitrogen functional groups attached to an aromatic ring is 1. The van der Waals surface area contributed by atoms with E-state index in [1.807, 2.05) is 30.3 Å². The van der Waals surface area contributed by atoms with Crippen LogP contribution in [-0.2, 0) is 16.1 Å². The van der Waals surface area contributed by atoms with Crippen LogP contribution in [-0.4, -0.2) is 18.0 Å². The van der Waals surface area contributed by atoms with Crippen molar-refractivity contribution in [2.45, 2.75) is 6.61 Å². The van der Waals surface area contributed by atoms with Crippen molar-refractivity contribution in [3.8, 4) is 17.6 Å². The molecule has 0 aliphatic carbocycles. The van der Waals surface area contributed by atoms with Gasteiger partial charge in [-0.15, -0.1) is 0 Å². The van der Waals surface area contributed by atoms with Crippen LogP contribution >= 0.6 is 0 Å². The molecule has 2 N–H and O–H groups in total. The van der Waals surface area contributed by atoms with Gasteiger partial charge in [-0.2, -0.15) is 0 Å². The molecule has 0 unspecified atom stereocenters. The Morgan fingerprint density at radius 1 is 1.29 bits per heavy atom. The summed E-state index contributed by atoms with van der Waals surface area (Å²) < 4.78 is 9.98. The van der Waals surface area contributed by atoms with Gasteiger partial charge >= 0.3 is 5.97 Å². The molecule has 24 heavy (non-hydrogen) atoms. The van der Waals surface area contributed by atoms with Gasteiger partial charge in [0, 0.05) is 12.0 Å². The van der Waals surface area contributed by atoms with Crippen LogP contribution in [0.3, 0.4) is 0 Å². The number of hydrogen-bond donors (Lipinski definition) is 1. The van der Waals surface area contributed by atoms with Gasteiger partial charge in [0.1, 0.15) is 6.61 Å². The highest BCUT2D eigenvalue weighted by Crippen LogP contribution is 2.31. The van der Waals surface area contributed by atoms with Gasteiger partial charge in [-0.3, -0.25) is 10.1 Å². The third-order valence-electron chi connectivity index (χ3n) is 3.06. The van der Waals surface area contributed by atoms with Crippen LogP contribution in [0.25, 0.3) is 0 Å². The third kappa shape index (κ3) is 4.24. The molecule has 2 aromatic carbocycles. The number of anilines is 1. The molecule has 0 aliphatic rings. The Bertz CT molecular complexity index is 822. The molecule has 0 aliphatic heterocycles. The van der Waals surface area contributed by atoms with Crippen LogP contribution in [0.5, 0.6) is 5.75 Å². The summed E-state index contributed by atoms with van der Waals surface area (Å²) in [7, 11) is 1.18. The van der Waals surface area contributed by atoms with Crippen molar-refractivity contribution in [1.29, 1.82) is 0 Å². The van der Waals surface area contributed by atoms with Gasteiger partial charge in [0.2, 0.25) is 0 Å². The van der Waals surface area contributed by atoms with Crippen molar-refractivity contribution in [2.24, 2.45) is 0 Å². The maximum Gasteiger partial charge on any atom is 0.384 e. The number of carbonyl (C=O) groups is 1. The number of carbonyl (C=O) groups excluding carboxylic acids is 1. The van der Waals surface area contributed by atoms with Crippen LogP contribution in [0.1, 0.15) is 11.1 Å². The van der Waals surface area contributed by atoms with E-state index >= 15 is 0 Å². The second-order valence-electron chi connectivity index (χ2n) is 4.68. The lowest BCUT2D eigenvalue weighted by Gasteiger charge is -2.10. The fraction of sp³-hybridized carbons (Fsp3) is 0.118. The summed E-state index contributed by atoms with van der Waals surface area (Å²) >= 11 is 0. The van der Waals surface area contributed by atoms with Crippen LogP contribution in [0.15, 0.2) is 42.5 Å². The minimum absolute atomic E-state index is 0.118. The van der Waals surface area contributed by atoms with Crippen molar-refractivity contribution < 1.29 is 19.2 Å². The molecule has 0 bridgehead atoms. The minimum atomic E-state index is -0.771. The lowest BCUT2D eigenvalue weighted by atomic mass is 10.1. The number of ether oxygens (including phenoxy) is 2. The first-order valence-electron chi connectivity index (χ1n) is 6.86. The first-order chi connectivity index (χ1) is 11.5. The highest BCUT2D eigenvalue weighted by molar-refractivity contribution is 5.89. The predicted octanol–water partition coefficient (Wildman–Crippen LogP) is 2.28. The molecule has 0 atom stereocenters. The minimum Gasteiger partial charge on any atom is -0.486 e. The summed E-state index contributed by atoms with van der Waals surface area (Å²) in [4.78, 5) is 21.6. The summed E-state index contributed by atoms with van der Waals surface area (Å²) in [5.74, 6) is 4.01. The van der Waals surface area contributed by atoms with E-state index in [2.05, 4.69) is 16.6 Å². The van der Waals surface area contributed by atoms with Gasteiger partial charge in [0.25, 0.3) is 5.69 Å². The standard InChI is InChI=1S/C17H14N2O5/c1-23-16(20)8-7-13-9-14(19(21)22)10-15(17(13)18)24-11-12-5-3-2-4-6-12/h2-6,9-10H,11,18H2,1H3. The summed E-state index contributed by atoms with van der Waals surface area (Å²) in [6, 6.07) is 11.7. The maximum absolute atomic E-state index is 11.1. The number of rotatable bonds is 4. The largest absolute Gasteiger partial charge is 0.486 e. The van der Waals surface area contributed by atoms with Crippen LogP contribution in [0.2, 0.25) is 0 Å². The highest BCUT2D eigenvalue weighted by Gasteiger charge is 2.15.